The van der Waals surface area contributed by atoms with Crippen molar-refractivity contribution < 1.29 is 9.53 Å². The van der Waals surface area contributed by atoms with Crippen molar-refractivity contribution >= 4 is 22.9 Å². The van der Waals surface area contributed by atoms with Crippen LogP contribution in [-0.2, 0) is 11.8 Å². The summed E-state index contributed by atoms with van der Waals surface area (Å²) in [5.74, 6) is 0.980. The van der Waals surface area contributed by atoms with E-state index in [4.69, 9.17) is 9.72 Å². The van der Waals surface area contributed by atoms with E-state index < -0.39 is 5.60 Å². The van der Waals surface area contributed by atoms with E-state index in [-0.39, 0.29) is 18.2 Å². The van der Waals surface area contributed by atoms with Crippen LogP contribution in [0, 0.1) is 0 Å². The highest BCUT2D eigenvalue weighted by molar-refractivity contribution is 5.86. The summed E-state index contributed by atoms with van der Waals surface area (Å²) in [6.45, 7) is 9.97. The van der Waals surface area contributed by atoms with E-state index in [0.717, 1.165) is 41.4 Å². The van der Waals surface area contributed by atoms with Gasteiger partial charge in [-0.05, 0) is 64.2 Å². The molecule has 1 fully saturated rings. The third-order valence-corrected chi connectivity index (χ3v) is 5.86. The lowest BCUT2D eigenvalue weighted by Gasteiger charge is -2.21. The lowest BCUT2D eigenvalue weighted by molar-refractivity contribution is 0.0505. The van der Waals surface area contributed by atoms with E-state index >= 15 is 0 Å². The number of nitrogens with zero attached hydrogens (tertiary/aromatic N) is 4. The molecule has 33 heavy (non-hydrogen) atoms. The van der Waals surface area contributed by atoms with Crippen LogP contribution in [0.3, 0.4) is 0 Å². The summed E-state index contributed by atoms with van der Waals surface area (Å²) in [5.41, 5.74) is 3.62. The van der Waals surface area contributed by atoms with E-state index in [1.54, 1.807) is 6.20 Å². The molecule has 8 heteroatoms. The van der Waals surface area contributed by atoms with Gasteiger partial charge in [0.1, 0.15) is 5.60 Å². The monoisotopic (exact) mass is 450 g/mol. The fourth-order valence-corrected chi connectivity index (χ4v) is 4.55. The average Bonchev–Trinajstić information content (AvgIpc) is 3.28. The molecule has 1 aliphatic rings. The quantitative estimate of drug-likeness (QED) is 0.567. The van der Waals surface area contributed by atoms with Crippen LogP contribution in [0.15, 0.2) is 30.5 Å². The fourth-order valence-electron chi connectivity index (χ4n) is 4.55. The first-order chi connectivity index (χ1) is 15.6. The number of rotatable bonds is 5. The SMILES string of the molecule is CC(C)c1c2cc(-c3ccnc(N[C@@H]4CC[C@H](NC(=O)OC(C)(C)C)C4)n3)ccc2nn1C. The molecule has 1 aliphatic carbocycles. The normalized spacial score (nSPS) is 18.6. The second-order valence-electron chi connectivity index (χ2n) is 10.2. The predicted molar refractivity (Wildman–Crippen MR) is 130 cm³/mol. The molecule has 2 atom stereocenters. The van der Waals surface area contributed by atoms with Crippen LogP contribution < -0.4 is 10.6 Å². The number of alkyl carbamates (subject to hydrolysis) is 1. The fraction of sp³-hybridized carbons (Fsp3) is 0.520. The van der Waals surface area contributed by atoms with Gasteiger partial charge in [0, 0.05) is 42.0 Å². The number of aryl methyl sites for hydroxylation is 1. The Hall–Kier alpha value is -3.16. The summed E-state index contributed by atoms with van der Waals surface area (Å²) in [4.78, 5) is 21.2. The van der Waals surface area contributed by atoms with Crippen LogP contribution in [0.5, 0.6) is 0 Å². The van der Waals surface area contributed by atoms with Crippen molar-refractivity contribution in [2.24, 2.45) is 7.05 Å². The van der Waals surface area contributed by atoms with Crippen LogP contribution in [0.4, 0.5) is 10.7 Å². The topological polar surface area (TPSA) is 94.0 Å². The van der Waals surface area contributed by atoms with Gasteiger partial charge in [0.25, 0.3) is 0 Å². The number of hydrogen-bond acceptors (Lipinski definition) is 6. The number of carbonyl (C=O) groups excluding carboxylic acids is 1. The molecule has 0 spiro atoms. The van der Waals surface area contributed by atoms with Crippen molar-refractivity contribution in [1.82, 2.24) is 25.1 Å². The van der Waals surface area contributed by atoms with E-state index in [2.05, 4.69) is 52.8 Å². The highest BCUT2D eigenvalue weighted by Gasteiger charge is 2.28. The molecule has 2 heterocycles. The largest absolute Gasteiger partial charge is 0.444 e. The minimum absolute atomic E-state index is 0.0861. The Morgan fingerprint density at radius 1 is 1.18 bits per heavy atom. The predicted octanol–water partition coefficient (Wildman–Crippen LogP) is 5.01. The molecule has 1 saturated carbocycles. The summed E-state index contributed by atoms with van der Waals surface area (Å²) in [5, 5.41) is 12.2. The smallest absolute Gasteiger partial charge is 0.407 e. The van der Waals surface area contributed by atoms with Crippen LogP contribution >= 0.6 is 0 Å². The van der Waals surface area contributed by atoms with Gasteiger partial charge in [-0.2, -0.15) is 5.10 Å². The maximum Gasteiger partial charge on any atom is 0.407 e. The van der Waals surface area contributed by atoms with Crippen LogP contribution in [0.1, 0.15) is 65.5 Å². The summed E-state index contributed by atoms with van der Waals surface area (Å²) in [7, 11) is 1.99. The number of benzene rings is 1. The minimum Gasteiger partial charge on any atom is -0.444 e. The molecule has 0 saturated heterocycles. The number of amides is 1. The lowest BCUT2D eigenvalue weighted by atomic mass is 10.0. The molecule has 2 aromatic heterocycles. The molecule has 176 valence electrons. The van der Waals surface area contributed by atoms with Gasteiger partial charge >= 0.3 is 6.09 Å². The van der Waals surface area contributed by atoms with Gasteiger partial charge < -0.3 is 15.4 Å². The van der Waals surface area contributed by atoms with Crippen molar-refractivity contribution in [2.75, 3.05) is 5.32 Å². The first-order valence-electron chi connectivity index (χ1n) is 11.6. The maximum absolute atomic E-state index is 12.1. The van der Waals surface area contributed by atoms with Gasteiger partial charge in [-0.1, -0.05) is 19.9 Å². The van der Waals surface area contributed by atoms with Gasteiger partial charge in [0.2, 0.25) is 5.95 Å². The van der Waals surface area contributed by atoms with E-state index in [9.17, 15) is 4.79 Å². The Bertz CT molecular complexity index is 1150. The van der Waals surface area contributed by atoms with Crippen LogP contribution in [0.25, 0.3) is 22.2 Å². The molecular formula is C25H34N6O2. The Morgan fingerprint density at radius 2 is 1.94 bits per heavy atom. The molecule has 0 unspecified atom stereocenters. The molecule has 0 aliphatic heterocycles. The second-order valence-corrected chi connectivity index (χ2v) is 10.2. The molecule has 3 aromatic rings. The van der Waals surface area contributed by atoms with Crippen molar-refractivity contribution in [1.29, 1.82) is 0 Å². The number of nitrogens with one attached hydrogen (secondary N) is 2. The first kappa shape index (κ1) is 23.0. The molecule has 1 aromatic carbocycles. The van der Waals surface area contributed by atoms with Crippen LogP contribution in [0.2, 0.25) is 0 Å². The van der Waals surface area contributed by atoms with Crippen molar-refractivity contribution in [3.8, 4) is 11.3 Å². The second kappa shape index (κ2) is 9.00. The Labute approximate surface area is 195 Å². The summed E-state index contributed by atoms with van der Waals surface area (Å²) >= 11 is 0. The van der Waals surface area contributed by atoms with Crippen molar-refractivity contribution in [3.63, 3.8) is 0 Å². The lowest BCUT2D eigenvalue weighted by Crippen LogP contribution is -2.38. The zero-order valence-electron chi connectivity index (χ0n) is 20.3. The van der Waals surface area contributed by atoms with Gasteiger partial charge in [0.05, 0.1) is 11.2 Å². The summed E-state index contributed by atoms with van der Waals surface area (Å²) in [6.07, 6.45) is 4.07. The molecule has 8 nitrogen and oxygen atoms in total. The zero-order chi connectivity index (χ0) is 23.8. The first-order valence-corrected chi connectivity index (χ1v) is 11.6. The number of ether oxygens (including phenoxy) is 1. The van der Waals surface area contributed by atoms with Gasteiger partial charge in [-0.3, -0.25) is 4.68 Å². The highest BCUT2D eigenvalue weighted by atomic mass is 16.6. The molecule has 4 rings (SSSR count). The third kappa shape index (κ3) is 5.43. The Morgan fingerprint density at radius 3 is 2.67 bits per heavy atom. The van der Waals surface area contributed by atoms with Crippen molar-refractivity contribution in [3.05, 3.63) is 36.2 Å². The average molecular weight is 451 g/mol. The molecule has 0 bridgehead atoms. The minimum atomic E-state index is -0.497. The molecule has 0 radical (unpaired) electrons. The van der Waals surface area contributed by atoms with Crippen molar-refractivity contribution in [2.45, 2.75) is 77.5 Å². The Kier molecular flexibility index (Phi) is 6.28. The van der Waals surface area contributed by atoms with E-state index in [0.29, 0.717) is 11.9 Å². The number of carbonyl (C=O) groups is 1. The molecule has 2 N–H and O–H groups in total. The van der Waals surface area contributed by atoms with E-state index in [1.807, 2.05) is 38.6 Å². The van der Waals surface area contributed by atoms with Crippen LogP contribution in [-0.4, -0.2) is 43.5 Å². The van der Waals surface area contributed by atoms with Gasteiger partial charge in [-0.15, -0.1) is 0 Å². The summed E-state index contributed by atoms with van der Waals surface area (Å²) in [6, 6.07) is 8.49. The number of hydrogen-bond donors (Lipinski definition) is 2. The van der Waals surface area contributed by atoms with Gasteiger partial charge in [-0.25, -0.2) is 14.8 Å². The highest BCUT2D eigenvalue weighted by Crippen LogP contribution is 2.29. The van der Waals surface area contributed by atoms with Gasteiger partial charge in [0.15, 0.2) is 0 Å². The van der Waals surface area contributed by atoms with E-state index in [1.165, 1.54) is 5.69 Å². The number of aromatic nitrogens is 4. The number of fused-ring (bicyclic) bond motifs is 1. The number of anilines is 1. The molecule has 1 amide bonds. The zero-order valence-corrected chi connectivity index (χ0v) is 20.3. The third-order valence-electron chi connectivity index (χ3n) is 5.86. The Balaban J connectivity index is 1.45. The summed E-state index contributed by atoms with van der Waals surface area (Å²) < 4.78 is 7.34. The molecular weight excluding hydrogens is 416 g/mol. The maximum atomic E-state index is 12.1. The standard InChI is InChI=1S/C25H34N6O2/c1-15(2)22-19-13-16(7-10-21(19)30-31(22)6)20-11-12-26-23(29-20)27-17-8-9-18(14-17)28-24(32)33-25(3,4)5/h7,10-13,15,17-18H,8-9,14H2,1-6H3,(H,28,32)(H,26,27,29)/t17-,18+/m1/s1.